The van der Waals surface area contributed by atoms with Crippen molar-refractivity contribution >= 4 is 23.2 Å². The number of hydrogen-bond donors (Lipinski definition) is 0. The summed E-state index contributed by atoms with van der Waals surface area (Å²) in [6.07, 6.45) is -3.67. The van der Waals surface area contributed by atoms with Crippen molar-refractivity contribution in [1.82, 2.24) is 14.5 Å². The normalized spacial score (nSPS) is 15.8. The van der Waals surface area contributed by atoms with Gasteiger partial charge in [-0.05, 0) is 39.8 Å². The molecule has 0 unspecified atom stereocenters. The van der Waals surface area contributed by atoms with Crippen molar-refractivity contribution in [3.63, 3.8) is 0 Å². The molecule has 1 saturated heterocycles. The highest BCUT2D eigenvalue weighted by molar-refractivity contribution is 6.33. The minimum absolute atomic E-state index is 0.0181. The molecule has 0 aromatic carbocycles. The summed E-state index contributed by atoms with van der Waals surface area (Å²) in [5.74, 6) is 0.422. The van der Waals surface area contributed by atoms with E-state index < -0.39 is 11.7 Å². The second-order valence-corrected chi connectivity index (χ2v) is 8.37. The quantitative estimate of drug-likeness (QED) is 0.626. The Kier molecular flexibility index (Phi) is 6.48. The molecule has 0 bridgehead atoms. The Morgan fingerprint density at radius 2 is 1.80 bits per heavy atom. The molecule has 9 heteroatoms. The third-order valence-corrected chi connectivity index (χ3v) is 5.77. The SMILES string of the molecule is Cc1cc(C(=O)CN2CCN(c3ncc(C(F)(F)F)cc3Cl)CC2)c(C)n1C(C)C. The first-order valence-corrected chi connectivity index (χ1v) is 10.3. The maximum Gasteiger partial charge on any atom is 0.417 e. The van der Waals surface area contributed by atoms with Gasteiger partial charge in [0.1, 0.15) is 5.82 Å². The molecule has 1 fully saturated rings. The Bertz CT molecular complexity index is 931. The van der Waals surface area contributed by atoms with E-state index >= 15 is 0 Å². The zero-order chi connectivity index (χ0) is 22.2. The maximum atomic E-state index is 12.9. The Morgan fingerprint density at radius 1 is 1.17 bits per heavy atom. The van der Waals surface area contributed by atoms with Gasteiger partial charge in [-0.25, -0.2) is 4.98 Å². The van der Waals surface area contributed by atoms with Gasteiger partial charge in [0.05, 0.1) is 17.1 Å². The van der Waals surface area contributed by atoms with Gasteiger partial charge in [-0.2, -0.15) is 13.2 Å². The van der Waals surface area contributed by atoms with E-state index in [0.717, 1.165) is 29.2 Å². The topological polar surface area (TPSA) is 41.4 Å². The van der Waals surface area contributed by atoms with Crippen LogP contribution in [0.4, 0.5) is 19.0 Å². The Hall–Kier alpha value is -2.06. The summed E-state index contributed by atoms with van der Waals surface area (Å²) in [4.78, 5) is 20.7. The number of Topliss-reactive ketones (excluding diaryl/α,β-unsaturated/α-hetero) is 1. The van der Waals surface area contributed by atoms with Gasteiger partial charge in [-0.1, -0.05) is 11.6 Å². The number of rotatable bonds is 5. The summed E-state index contributed by atoms with van der Waals surface area (Å²) in [7, 11) is 0. The van der Waals surface area contributed by atoms with Crippen LogP contribution in [-0.4, -0.2) is 53.0 Å². The van der Waals surface area contributed by atoms with Crippen LogP contribution in [0, 0.1) is 13.8 Å². The Labute approximate surface area is 179 Å². The van der Waals surface area contributed by atoms with Crippen LogP contribution in [0.2, 0.25) is 5.02 Å². The van der Waals surface area contributed by atoms with E-state index in [4.69, 9.17) is 11.6 Å². The first-order valence-electron chi connectivity index (χ1n) is 9.90. The van der Waals surface area contributed by atoms with Crippen LogP contribution >= 0.6 is 11.6 Å². The van der Waals surface area contributed by atoms with Gasteiger partial charge in [0.15, 0.2) is 5.78 Å². The Morgan fingerprint density at radius 3 is 2.30 bits per heavy atom. The molecule has 3 heterocycles. The number of nitrogens with zero attached hydrogens (tertiary/aromatic N) is 4. The van der Waals surface area contributed by atoms with Crippen LogP contribution in [0.3, 0.4) is 0 Å². The molecule has 1 aliphatic rings. The number of anilines is 1. The molecular weight excluding hydrogens is 417 g/mol. The standard InChI is InChI=1S/C21H26ClF3N4O/c1-13(2)29-14(3)9-17(15(29)4)19(30)12-27-5-7-28(8-6-27)20-18(22)10-16(11-26-20)21(23,24)25/h9-11,13H,5-8,12H2,1-4H3. The Balaban J connectivity index is 1.63. The van der Waals surface area contributed by atoms with Crippen molar-refractivity contribution < 1.29 is 18.0 Å². The number of ketones is 1. The van der Waals surface area contributed by atoms with E-state index in [0.29, 0.717) is 38.5 Å². The predicted molar refractivity (Wildman–Crippen MR) is 112 cm³/mol. The summed E-state index contributed by atoms with van der Waals surface area (Å²) in [5.41, 5.74) is 1.93. The molecule has 0 amide bonds. The minimum atomic E-state index is -4.47. The lowest BCUT2D eigenvalue weighted by molar-refractivity contribution is -0.137. The molecule has 0 saturated carbocycles. The molecule has 164 valence electrons. The lowest BCUT2D eigenvalue weighted by atomic mass is 10.1. The zero-order valence-corrected chi connectivity index (χ0v) is 18.3. The van der Waals surface area contributed by atoms with Crippen LogP contribution in [-0.2, 0) is 6.18 Å². The van der Waals surface area contributed by atoms with Gasteiger partial charge >= 0.3 is 6.18 Å². The first kappa shape index (κ1) is 22.6. The lowest BCUT2D eigenvalue weighted by Gasteiger charge is -2.35. The molecule has 30 heavy (non-hydrogen) atoms. The molecule has 0 spiro atoms. The number of hydrogen-bond acceptors (Lipinski definition) is 4. The molecule has 5 nitrogen and oxygen atoms in total. The van der Waals surface area contributed by atoms with E-state index in [-0.39, 0.29) is 16.8 Å². The van der Waals surface area contributed by atoms with E-state index in [2.05, 4.69) is 28.3 Å². The molecule has 2 aromatic rings. The number of carbonyl (C=O) groups is 1. The fourth-order valence-corrected chi connectivity index (χ4v) is 4.36. The molecule has 2 aromatic heterocycles. The molecule has 0 N–H and O–H groups in total. The fourth-order valence-electron chi connectivity index (χ4n) is 4.08. The maximum absolute atomic E-state index is 12.9. The molecule has 0 aliphatic carbocycles. The van der Waals surface area contributed by atoms with Gasteiger partial charge in [0.2, 0.25) is 0 Å². The molecule has 0 radical (unpaired) electrons. The summed E-state index contributed by atoms with van der Waals surface area (Å²) in [6.45, 7) is 10.8. The first-order chi connectivity index (χ1) is 14.0. The monoisotopic (exact) mass is 442 g/mol. The largest absolute Gasteiger partial charge is 0.417 e. The summed E-state index contributed by atoms with van der Waals surface area (Å²) in [5, 5.41) is -0.0181. The van der Waals surface area contributed by atoms with Crippen molar-refractivity contribution in [3.05, 3.63) is 45.9 Å². The average molecular weight is 443 g/mol. The number of carbonyl (C=O) groups excluding carboxylic acids is 1. The molecule has 0 atom stereocenters. The second-order valence-electron chi connectivity index (χ2n) is 7.96. The smallest absolute Gasteiger partial charge is 0.353 e. The van der Waals surface area contributed by atoms with Crippen molar-refractivity contribution in [2.75, 3.05) is 37.6 Å². The van der Waals surface area contributed by atoms with Crippen molar-refractivity contribution in [1.29, 1.82) is 0 Å². The van der Waals surface area contributed by atoms with Crippen molar-refractivity contribution in [2.24, 2.45) is 0 Å². The van der Waals surface area contributed by atoms with Crippen LogP contribution in [0.5, 0.6) is 0 Å². The number of aryl methyl sites for hydroxylation is 1. The minimum Gasteiger partial charge on any atom is -0.353 e. The van der Waals surface area contributed by atoms with Crippen molar-refractivity contribution in [3.8, 4) is 0 Å². The van der Waals surface area contributed by atoms with E-state index in [1.807, 2.05) is 24.8 Å². The van der Waals surface area contributed by atoms with E-state index in [9.17, 15) is 18.0 Å². The van der Waals surface area contributed by atoms with Crippen molar-refractivity contribution in [2.45, 2.75) is 39.9 Å². The van der Waals surface area contributed by atoms with Gasteiger partial charge in [-0.15, -0.1) is 0 Å². The van der Waals surface area contributed by atoms with Crippen LogP contribution in [0.25, 0.3) is 0 Å². The van der Waals surface area contributed by atoms with Gasteiger partial charge < -0.3 is 9.47 Å². The van der Waals surface area contributed by atoms with Crippen LogP contribution in [0.1, 0.15) is 47.2 Å². The van der Waals surface area contributed by atoms with E-state index in [1.165, 1.54) is 0 Å². The third kappa shape index (κ3) is 4.64. The van der Waals surface area contributed by atoms with Crippen LogP contribution in [0.15, 0.2) is 18.3 Å². The van der Waals surface area contributed by atoms with Crippen LogP contribution < -0.4 is 4.90 Å². The number of aromatic nitrogens is 2. The predicted octanol–water partition coefficient (Wildman–Crippen LogP) is 4.76. The summed E-state index contributed by atoms with van der Waals surface area (Å²) in [6, 6.07) is 3.14. The van der Waals surface area contributed by atoms with E-state index in [1.54, 1.807) is 0 Å². The zero-order valence-electron chi connectivity index (χ0n) is 17.6. The number of halogens is 4. The average Bonchev–Trinajstić information content (AvgIpc) is 2.96. The molecular formula is C21H26ClF3N4O. The number of alkyl halides is 3. The molecule has 3 rings (SSSR count). The lowest BCUT2D eigenvalue weighted by Crippen LogP contribution is -2.48. The number of pyridine rings is 1. The highest BCUT2D eigenvalue weighted by Gasteiger charge is 2.32. The summed E-state index contributed by atoms with van der Waals surface area (Å²) < 4.78 is 40.6. The highest BCUT2D eigenvalue weighted by atomic mass is 35.5. The third-order valence-electron chi connectivity index (χ3n) is 5.49. The summed E-state index contributed by atoms with van der Waals surface area (Å²) >= 11 is 6.06. The number of piperazine rings is 1. The second kappa shape index (κ2) is 8.59. The fraction of sp³-hybridized carbons (Fsp3) is 0.524. The molecule has 1 aliphatic heterocycles. The highest BCUT2D eigenvalue weighted by Crippen LogP contribution is 2.33. The van der Waals surface area contributed by atoms with Gasteiger partial charge in [0.25, 0.3) is 0 Å². The van der Waals surface area contributed by atoms with Gasteiger partial charge in [-0.3, -0.25) is 9.69 Å². The van der Waals surface area contributed by atoms with Gasteiger partial charge in [0, 0.05) is 55.4 Å².